The number of benzene rings is 2. The minimum atomic E-state index is -1.01. The zero-order valence-electron chi connectivity index (χ0n) is 10.5. The molecular formula is C16H12FNO2. The van der Waals surface area contributed by atoms with Crippen LogP contribution in [-0.4, -0.2) is 17.3 Å². The first kappa shape index (κ1) is 13.7. The number of halogens is 1. The Morgan fingerprint density at radius 2 is 1.80 bits per heavy atom. The van der Waals surface area contributed by atoms with Gasteiger partial charge in [-0.1, -0.05) is 30.3 Å². The lowest BCUT2D eigenvalue weighted by Gasteiger charge is -1.99. The van der Waals surface area contributed by atoms with E-state index in [9.17, 15) is 9.18 Å². The summed E-state index contributed by atoms with van der Waals surface area (Å²) in [6.45, 7) is 0. The first-order chi connectivity index (χ1) is 9.65. The molecule has 0 spiro atoms. The molecule has 0 heterocycles. The predicted molar refractivity (Wildman–Crippen MR) is 76.8 cm³/mol. The van der Waals surface area contributed by atoms with Gasteiger partial charge in [0.15, 0.2) is 0 Å². The molecule has 0 unspecified atom stereocenters. The molecule has 0 fully saturated rings. The Morgan fingerprint density at radius 1 is 1.10 bits per heavy atom. The van der Waals surface area contributed by atoms with E-state index in [1.807, 2.05) is 6.07 Å². The van der Waals surface area contributed by atoms with Gasteiger partial charge in [0, 0.05) is 17.9 Å². The van der Waals surface area contributed by atoms with Crippen LogP contribution in [0.1, 0.15) is 11.1 Å². The molecule has 2 aromatic rings. The van der Waals surface area contributed by atoms with Crippen molar-refractivity contribution in [2.24, 2.45) is 4.99 Å². The van der Waals surface area contributed by atoms with E-state index < -0.39 is 5.97 Å². The second-order valence-electron chi connectivity index (χ2n) is 4.04. The first-order valence-corrected chi connectivity index (χ1v) is 5.95. The zero-order valence-corrected chi connectivity index (χ0v) is 10.5. The molecule has 1 N–H and O–H groups in total. The number of carboxylic acids is 1. The van der Waals surface area contributed by atoms with Gasteiger partial charge < -0.3 is 5.11 Å². The van der Waals surface area contributed by atoms with Crippen LogP contribution >= 0.6 is 0 Å². The summed E-state index contributed by atoms with van der Waals surface area (Å²) in [6.07, 6.45) is 4.15. The van der Waals surface area contributed by atoms with Gasteiger partial charge in [-0.2, -0.15) is 0 Å². The number of rotatable bonds is 4. The molecule has 0 aromatic heterocycles. The summed E-state index contributed by atoms with van der Waals surface area (Å²) in [7, 11) is 0. The molecule has 3 nitrogen and oxygen atoms in total. The third-order valence-electron chi connectivity index (χ3n) is 2.56. The minimum Gasteiger partial charge on any atom is -0.478 e. The number of carboxylic acid groups (broad SMARTS) is 1. The fraction of sp³-hybridized carbons (Fsp3) is 0. The number of hydrogen-bond acceptors (Lipinski definition) is 2. The highest BCUT2D eigenvalue weighted by Gasteiger charge is 1.97. The summed E-state index contributed by atoms with van der Waals surface area (Å²) >= 11 is 0. The third kappa shape index (κ3) is 3.88. The van der Waals surface area contributed by atoms with E-state index in [1.54, 1.807) is 36.5 Å². The lowest BCUT2D eigenvalue weighted by atomic mass is 10.1. The highest BCUT2D eigenvalue weighted by molar-refractivity contribution is 5.88. The largest absolute Gasteiger partial charge is 0.478 e. The molecule has 0 saturated carbocycles. The maximum absolute atomic E-state index is 12.8. The van der Waals surface area contributed by atoms with E-state index in [0.717, 1.165) is 11.6 Å². The number of nitrogens with zero attached hydrogens (tertiary/aromatic N) is 1. The number of carbonyl (C=O) groups is 1. The van der Waals surface area contributed by atoms with Gasteiger partial charge in [-0.05, 0) is 29.8 Å². The SMILES string of the molecule is O=C(O)/C=C/c1ccccc1/N=C/c1ccc(F)cc1. The van der Waals surface area contributed by atoms with Crippen LogP contribution in [-0.2, 0) is 4.79 Å². The Hall–Kier alpha value is -2.75. The molecule has 0 aliphatic rings. The van der Waals surface area contributed by atoms with Crippen LogP contribution in [0.15, 0.2) is 59.6 Å². The van der Waals surface area contributed by atoms with E-state index in [4.69, 9.17) is 5.11 Å². The topological polar surface area (TPSA) is 49.7 Å². The maximum Gasteiger partial charge on any atom is 0.328 e. The monoisotopic (exact) mass is 269 g/mol. The van der Waals surface area contributed by atoms with Crippen molar-refractivity contribution in [1.82, 2.24) is 0 Å². The van der Waals surface area contributed by atoms with Gasteiger partial charge in [-0.15, -0.1) is 0 Å². The average Bonchev–Trinajstić information content (AvgIpc) is 2.45. The highest BCUT2D eigenvalue weighted by atomic mass is 19.1. The van der Waals surface area contributed by atoms with Crippen molar-refractivity contribution < 1.29 is 14.3 Å². The molecule has 0 radical (unpaired) electrons. The van der Waals surface area contributed by atoms with E-state index in [0.29, 0.717) is 11.3 Å². The molecular weight excluding hydrogens is 257 g/mol. The summed E-state index contributed by atoms with van der Waals surface area (Å²) in [6, 6.07) is 13.1. The molecule has 0 aliphatic carbocycles. The smallest absolute Gasteiger partial charge is 0.328 e. The van der Waals surface area contributed by atoms with Crippen LogP contribution in [0.4, 0.5) is 10.1 Å². The second kappa shape index (κ2) is 6.43. The van der Waals surface area contributed by atoms with Crippen molar-refractivity contribution in [3.05, 3.63) is 71.6 Å². The molecule has 4 heteroatoms. The van der Waals surface area contributed by atoms with E-state index in [1.165, 1.54) is 18.2 Å². The fourth-order valence-corrected chi connectivity index (χ4v) is 1.60. The second-order valence-corrected chi connectivity index (χ2v) is 4.04. The van der Waals surface area contributed by atoms with Crippen molar-refractivity contribution in [3.8, 4) is 0 Å². The Labute approximate surface area is 115 Å². The molecule has 0 saturated heterocycles. The van der Waals surface area contributed by atoms with Crippen molar-refractivity contribution >= 4 is 23.9 Å². The molecule has 100 valence electrons. The molecule has 2 aromatic carbocycles. The van der Waals surface area contributed by atoms with Gasteiger partial charge >= 0.3 is 5.97 Å². The Morgan fingerprint density at radius 3 is 2.50 bits per heavy atom. The van der Waals surface area contributed by atoms with Crippen LogP contribution < -0.4 is 0 Å². The van der Waals surface area contributed by atoms with Crippen molar-refractivity contribution in [1.29, 1.82) is 0 Å². The van der Waals surface area contributed by atoms with Crippen LogP contribution in [0.25, 0.3) is 6.08 Å². The minimum absolute atomic E-state index is 0.299. The normalized spacial score (nSPS) is 11.2. The molecule has 0 aliphatic heterocycles. The third-order valence-corrected chi connectivity index (χ3v) is 2.56. The zero-order chi connectivity index (χ0) is 14.4. The number of aliphatic carboxylic acids is 1. The maximum atomic E-state index is 12.8. The average molecular weight is 269 g/mol. The van der Waals surface area contributed by atoms with Gasteiger partial charge in [0.25, 0.3) is 0 Å². The fourth-order valence-electron chi connectivity index (χ4n) is 1.60. The standard InChI is InChI=1S/C16H12FNO2/c17-14-8-5-12(6-9-14)11-18-15-4-2-1-3-13(15)7-10-16(19)20/h1-11H,(H,19,20)/b10-7+,18-11+. The quantitative estimate of drug-likeness (QED) is 0.680. The number of para-hydroxylation sites is 1. The van der Waals surface area contributed by atoms with Crippen LogP contribution in [0.2, 0.25) is 0 Å². The summed E-state index contributed by atoms with van der Waals surface area (Å²) < 4.78 is 12.8. The molecule has 2 rings (SSSR count). The summed E-state index contributed by atoms with van der Waals surface area (Å²) in [5.74, 6) is -1.31. The summed E-state index contributed by atoms with van der Waals surface area (Å²) in [5, 5.41) is 8.64. The van der Waals surface area contributed by atoms with Crippen molar-refractivity contribution in [3.63, 3.8) is 0 Å². The van der Waals surface area contributed by atoms with Crippen molar-refractivity contribution in [2.75, 3.05) is 0 Å². The Bertz CT molecular complexity index is 660. The van der Waals surface area contributed by atoms with Gasteiger partial charge in [0.05, 0.1) is 5.69 Å². The predicted octanol–water partition coefficient (Wildman–Crippen LogP) is 3.67. The van der Waals surface area contributed by atoms with Gasteiger partial charge in [0.1, 0.15) is 5.82 Å². The highest BCUT2D eigenvalue weighted by Crippen LogP contribution is 2.20. The Balaban J connectivity index is 2.24. The molecule has 20 heavy (non-hydrogen) atoms. The number of aliphatic imine (C=N–C) groups is 1. The summed E-state index contributed by atoms with van der Waals surface area (Å²) in [5.41, 5.74) is 2.12. The van der Waals surface area contributed by atoms with Gasteiger partial charge in [0.2, 0.25) is 0 Å². The Kier molecular flexibility index (Phi) is 4.39. The lowest BCUT2D eigenvalue weighted by molar-refractivity contribution is -0.131. The lowest BCUT2D eigenvalue weighted by Crippen LogP contribution is -1.86. The molecule has 0 amide bonds. The van der Waals surface area contributed by atoms with Crippen LogP contribution in [0, 0.1) is 5.82 Å². The number of hydrogen-bond donors (Lipinski definition) is 1. The van der Waals surface area contributed by atoms with Crippen LogP contribution in [0.5, 0.6) is 0 Å². The van der Waals surface area contributed by atoms with E-state index in [2.05, 4.69) is 4.99 Å². The first-order valence-electron chi connectivity index (χ1n) is 5.95. The molecule has 0 atom stereocenters. The van der Waals surface area contributed by atoms with Gasteiger partial charge in [-0.25, -0.2) is 9.18 Å². The van der Waals surface area contributed by atoms with Gasteiger partial charge in [-0.3, -0.25) is 4.99 Å². The van der Waals surface area contributed by atoms with E-state index in [-0.39, 0.29) is 5.82 Å². The molecule has 0 bridgehead atoms. The summed E-state index contributed by atoms with van der Waals surface area (Å²) in [4.78, 5) is 14.8. The van der Waals surface area contributed by atoms with E-state index >= 15 is 0 Å². The van der Waals surface area contributed by atoms with Crippen LogP contribution in [0.3, 0.4) is 0 Å². The van der Waals surface area contributed by atoms with Crippen molar-refractivity contribution in [2.45, 2.75) is 0 Å².